The van der Waals surface area contributed by atoms with Gasteiger partial charge < -0.3 is 14.6 Å². The van der Waals surface area contributed by atoms with Crippen LogP contribution in [0.2, 0.25) is 0 Å². The monoisotopic (exact) mass is 182 g/mol. The second-order valence-electron chi connectivity index (χ2n) is 2.74. The third kappa shape index (κ3) is 2.12. The van der Waals surface area contributed by atoms with Gasteiger partial charge in [-0.05, 0) is 6.42 Å². The molecule has 0 radical (unpaired) electrons. The number of aliphatic hydroxyl groups excluding tert-OH is 1. The van der Waals surface area contributed by atoms with Crippen molar-refractivity contribution in [2.45, 2.75) is 37.8 Å². The fraction of sp³-hybridized carbons (Fsp3) is 1.00. The summed E-state index contributed by atoms with van der Waals surface area (Å²) in [4.78, 5) is 0. The van der Waals surface area contributed by atoms with E-state index in [1.165, 1.54) is 7.11 Å². The maximum Gasteiger partial charge on any atom is 0.266 e. The first-order valence-corrected chi connectivity index (χ1v) is 3.79. The third-order valence-electron chi connectivity index (χ3n) is 1.92. The number of alkyl halides is 2. The van der Waals surface area contributed by atoms with Crippen LogP contribution in [0.4, 0.5) is 8.78 Å². The highest BCUT2D eigenvalue weighted by Gasteiger charge is 2.35. The Labute approximate surface area is 69.3 Å². The van der Waals surface area contributed by atoms with E-state index in [0.717, 1.165) is 0 Å². The molecule has 0 spiro atoms. The topological polar surface area (TPSA) is 38.7 Å². The van der Waals surface area contributed by atoms with Crippen LogP contribution in [0.5, 0.6) is 0 Å². The van der Waals surface area contributed by atoms with Crippen LogP contribution in [0.25, 0.3) is 0 Å². The van der Waals surface area contributed by atoms with Crippen molar-refractivity contribution in [3.05, 3.63) is 0 Å². The zero-order valence-electron chi connectivity index (χ0n) is 6.74. The van der Waals surface area contributed by atoms with E-state index in [4.69, 9.17) is 14.6 Å². The molecular weight excluding hydrogens is 170 g/mol. The number of ether oxygens (including phenoxy) is 2. The van der Waals surface area contributed by atoms with Gasteiger partial charge in [-0.15, -0.1) is 0 Å². The fourth-order valence-corrected chi connectivity index (χ4v) is 1.22. The van der Waals surface area contributed by atoms with E-state index in [9.17, 15) is 8.78 Å². The van der Waals surface area contributed by atoms with E-state index < -0.39 is 24.9 Å². The number of halogens is 2. The van der Waals surface area contributed by atoms with Crippen molar-refractivity contribution in [2.75, 3.05) is 7.11 Å². The molecule has 1 saturated heterocycles. The second-order valence-corrected chi connectivity index (χ2v) is 2.74. The summed E-state index contributed by atoms with van der Waals surface area (Å²) in [6, 6.07) is 0. The van der Waals surface area contributed by atoms with E-state index in [0.29, 0.717) is 12.8 Å². The molecule has 1 N–H and O–H groups in total. The molecule has 5 heteroatoms. The quantitative estimate of drug-likeness (QED) is 0.700. The molecular formula is C7H12F2O3. The van der Waals surface area contributed by atoms with E-state index in [2.05, 4.69) is 0 Å². The molecule has 0 aliphatic carbocycles. The van der Waals surface area contributed by atoms with Gasteiger partial charge in [0.2, 0.25) is 0 Å². The van der Waals surface area contributed by atoms with Gasteiger partial charge >= 0.3 is 0 Å². The van der Waals surface area contributed by atoms with Crippen molar-refractivity contribution in [1.29, 1.82) is 0 Å². The molecule has 0 unspecified atom stereocenters. The predicted octanol–water partition coefficient (Wildman–Crippen LogP) is 0.764. The molecule has 1 aliphatic rings. The van der Waals surface area contributed by atoms with Crippen LogP contribution in [-0.2, 0) is 9.47 Å². The minimum atomic E-state index is -2.74. The van der Waals surface area contributed by atoms with Crippen LogP contribution in [-0.4, -0.2) is 37.1 Å². The van der Waals surface area contributed by atoms with Gasteiger partial charge in [-0.1, -0.05) is 0 Å². The fourth-order valence-electron chi connectivity index (χ4n) is 1.22. The summed E-state index contributed by atoms with van der Waals surface area (Å²) in [5.41, 5.74) is 0. The minimum absolute atomic E-state index is 0.421. The molecule has 0 aromatic heterocycles. The molecule has 1 aliphatic heterocycles. The highest BCUT2D eigenvalue weighted by atomic mass is 19.3. The highest BCUT2D eigenvalue weighted by molar-refractivity contribution is 4.77. The van der Waals surface area contributed by atoms with Gasteiger partial charge in [-0.2, -0.15) is 0 Å². The molecule has 1 rings (SSSR count). The average Bonchev–Trinajstić information content (AvgIpc) is 2.50. The van der Waals surface area contributed by atoms with Gasteiger partial charge in [-0.25, -0.2) is 8.78 Å². The molecule has 12 heavy (non-hydrogen) atoms. The predicted molar refractivity (Wildman–Crippen MR) is 36.9 cm³/mol. The Hall–Kier alpha value is -0.260. The summed E-state index contributed by atoms with van der Waals surface area (Å²) in [6.45, 7) is 0. The summed E-state index contributed by atoms with van der Waals surface area (Å²) in [6.07, 6.45) is -4.68. The zero-order chi connectivity index (χ0) is 9.14. The molecule has 72 valence electrons. The lowest BCUT2D eigenvalue weighted by atomic mass is 10.1. The standard InChI is InChI=1S/C7H12F2O3/c1-11-5-3-2-4(12-5)6(10)7(8)9/h4-7,10H,2-3H2,1H3/t4-,5-,6-/m0/s1. The van der Waals surface area contributed by atoms with E-state index >= 15 is 0 Å². The van der Waals surface area contributed by atoms with Gasteiger partial charge in [0.15, 0.2) is 6.29 Å². The van der Waals surface area contributed by atoms with Crippen molar-refractivity contribution in [3.8, 4) is 0 Å². The molecule has 0 saturated carbocycles. The molecule has 3 nitrogen and oxygen atoms in total. The first-order chi connectivity index (χ1) is 5.65. The summed E-state index contributed by atoms with van der Waals surface area (Å²) >= 11 is 0. The maximum atomic E-state index is 11.9. The Kier molecular flexibility index (Phi) is 3.37. The van der Waals surface area contributed by atoms with E-state index in [1.807, 2.05) is 0 Å². The summed E-state index contributed by atoms with van der Waals surface area (Å²) in [7, 11) is 1.45. The maximum absolute atomic E-state index is 11.9. The van der Waals surface area contributed by atoms with Crippen LogP contribution in [0.3, 0.4) is 0 Å². The lowest BCUT2D eigenvalue weighted by Gasteiger charge is -2.17. The molecule has 1 heterocycles. The van der Waals surface area contributed by atoms with Gasteiger partial charge in [-0.3, -0.25) is 0 Å². The number of methoxy groups -OCH3 is 1. The molecule has 0 amide bonds. The van der Waals surface area contributed by atoms with Crippen molar-refractivity contribution in [1.82, 2.24) is 0 Å². The first kappa shape index (κ1) is 9.83. The van der Waals surface area contributed by atoms with Crippen molar-refractivity contribution < 1.29 is 23.4 Å². The number of hydrogen-bond donors (Lipinski definition) is 1. The largest absolute Gasteiger partial charge is 0.384 e. The van der Waals surface area contributed by atoms with Gasteiger partial charge in [0.25, 0.3) is 6.43 Å². The Morgan fingerprint density at radius 1 is 1.50 bits per heavy atom. The Morgan fingerprint density at radius 3 is 2.58 bits per heavy atom. The lowest BCUT2D eigenvalue weighted by Crippen LogP contribution is -2.32. The molecule has 3 atom stereocenters. The van der Waals surface area contributed by atoms with E-state index in [1.54, 1.807) is 0 Å². The molecule has 0 bridgehead atoms. The smallest absolute Gasteiger partial charge is 0.266 e. The SMILES string of the molecule is CO[C@@H]1CC[C@@H]([C@H](O)C(F)F)O1. The first-order valence-electron chi connectivity index (χ1n) is 3.79. The van der Waals surface area contributed by atoms with Gasteiger partial charge in [0, 0.05) is 13.5 Å². The minimum Gasteiger partial charge on any atom is -0.384 e. The van der Waals surface area contributed by atoms with Crippen LogP contribution < -0.4 is 0 Å². The molecule has 0 aromatic carbocycles. The van der Waals surface area contributed by atoms with Crippen molar-refractivity contribution in [3.63, 3.8) is 0 Å². The third-order valence-corrected chi connectivity index (χ3v) is 1.92. The highest BCUT2D eigenvalue weighted by Crippen LogP contribution is 2.24. The summed E-state index contributed by atoms with van der Waals surface area (Å²) in [5, 5.41) is 8.91. The number of aliphatic hydroxyl groups is 1. The van der Waals surface area contributed by atoms with Crippen LogP contribution in [0.1, 0.15) is 12.8 Å². The molecule has 1 fully saturated rings. The van der Waals surface area contributed by atoms with Crippen molar-refractivity contribution >= 4 is 0 Å². The Morgan fingerprint density at radius 2 is 2.17 bits per heavy atom. The zero-order valence-corrected chi connectivity index (χ0v) is 6.74. The summed E-state index contributed by atoms with van der Waals surface area (Å²) < 4.78 is 33.7. The normalized spacial score (nSPS) is 32.8. The lowest BCUT2D eigenvalue weighted by molar-refractivity contribution is -0.159. The Bertz CT molecular complexity index is 143. The summed E-state index contributed by atoms with van der Waals surface area (Å²) in [5.74, 6) is 0. The van der Waals surface area contributed by atoms with Gasteiger partial charge in [0.05, 0.1) is 6.10 Å². The van der Waals surface area contributed by atoms with Crippen LogP contribution >= 0.6 is 0 Å². The van der Waals surface area contributed by atoms with E-state index in [-0.39, 0.29) is 0 Å². The Balaban J connectivity index is 2.35. The van der Waals surface area contributed by atoms with Crippen LogP contribution in [0.15, 0.2) is 0 Å². The van der Waals surface area contributed by atoms with Crippen molar-refractivity contribution in [2.24, 2.45) is 0 Å². The van der Waals surface area contributed by atoms with Crippen LogP contribution in [0, 0.1) is 0 Å². The number of hydrogen-bond acceptors (Lipinski definition) is 3. The number of rotatable bonds is 3. The molecule has 0 aromatic rings. The van der Waals surface area contributed by atoms with Gasteiger partial charge in [0.1, 0.15) is 6.10 Å². The second kappa shape index (κ2) is 4.11. The average molecular weight is 182 g/mol.